The number of hydrogen-bond donors (Lipinski definition) is 2. The molecule has 41 heavy (non-hydrogen) atoms. The maximum Gasteiger partial charge on any atom is 0.333 e. The quantitative estimate of drug-likeness (QED) is 0.249. The van der Waals surface area contributed by atoms with Crippen LogP contribution in [-0.2, 0) is 45.4 Å². The van der Waals surface area contributed by atoms with E-state index < -0.39 is 17.9 Å². The summed E-state index contributed by atoms with van der Waals surface area (Å²) in [6.45, 7) is -0.0858. The Balaban J connectivity index is 1.29. The summed E-state index contributed by atoms with van der Waals surface area (Å²) in [5.74, 6) is -0.803. The second-order valence-corrected chi connectivity index (χ2v) is 11.0. The van der Waals surface area contributed by atoms with Crippen LogP contribution in [0.5, 0.6) is 5.75 Å². The minimum atomic E-state index is -0.970. The van der Waals surface area contributed by atoms with Gasteiger partial charge in [0.05, 0.1) is 24.5 Å². The molecule has 0 bridgehead atoms. The molecule has 0 spiro atoms. The summed E-state index contributed by atoms with van der Waals surface area (Å²) in [5, 5.41) is 20.0. The highest BCUT2D eigenvalue weighted by Crippen LogP contribution is 2.45. The molecular formula is C32H31NO7S. The van der Waals surface area contributed by atoms with E-state index in [0.29, 0.717) is 11.3 Å². The number of carbonyl (C=O) groups is 3. The first-order valence-electron chi connectivity index (χ1n) is 13.4. The number of hydrogen-bond acceptors (Lipinski definition) is 8. The molecule has 3 unspecified atom stereocenters. The second kappa shape index (κ2) is 13.2. The fourth-order valence-electron chi connectivity index (χ4n) is 4.92. The summed E-state index contributed by atoms with van der Waals surface area (Å²) in [7, 11) is 0. The van der Waals surface area contributed by atoms with Crippen molar-refractivity contribution in [3.05, 3.63) is 112 Å². The van der Waals surface area contributed by atoms with Gasteiger partial charge in [0, 0.05) is 18.4 Å². The van der Waals surface area contributed by atoms with Crippen LogP contribution in [0.15, 0.2) is 89.8 Å². The SMILES string of the molecule is O=C(Cc1ccccc1)CC1C(=O)N2C(C(=O)OCc3ccc(CO)cc3)C(COc3ccc(CO)cc3)=CSC12. The number of nitrogens with zero attached hydrogens (tertiary/aromatic N) is 1. The number of Topliss-reactive ketones (excluding diaryl/α,β-unsaturated/α-hetero) is 1. The van der Waals surface area contributed by atoms with E-state index in [1.54, 1.807) is 48.5 Å². The molecule has 8 nitrogen and oxygen atoms in total. The second-order valence-electron chi connectivity index (χ2n) is 10.1. The third-order valence-electron chi connectivity index (χ3n) is 7.19. The molecule has 1 amide bonds. The topological polar surface area (TPSA) is 113 Å². The molecule has 3 aromatic carbocycles. The predicted octanol–water partition coefficient (Wildman–Crippen LogP) is 3.78. The van der Waals surface area contributed by atoms with Crippen LogP contribution in [0.4, 0.5) is 0 Å². The largest absolute Gasteiger partial charge is 0.489 e. The monoisotopic (exact) mass is 573 g/mol. The molecule has 212 valence electrons. The smallest absolute Gasteiger partial charge is 0.333 e. The normalized spacial score (nSPS) is 19.6. The van der Waals surface area contributed by atoms with Gasteiger partial charge in [0.1, 0.15) is 24.7 Å². The minimum absolute atomic E-state index is 0.0105. The lowest BCUT2D eigenvalue weighted by atomic mass is 9.87. The summed E-state index contributed by atoms with van der Waals surface area (Å²) in [6, 6.07) is 22.5. The van der Waals surface area contributed by atoms with Crippen molar-refractivity contribution in [3.8, 4) is 5.75 Å². The molecule has 1 saturated heterocycles. The summed E-state index contributed by atoms with van der Waals surface area (Å²) >= 11 is 1.41. The first kappa shape index (κ1) is 28.6. The van der Waals surface area contributed by atoms with E-state index in [1.807, 2.05) is 35.7 Å². The zero-order valence-electron chi connectivity index (χ0n) is 22.3. The molecule has 9 heteroatoms. The standard InChI is InChI=1S/C32H31NO7S/c34-16-22-6-8-24(9-7-22)18-40-32(38)29-25(19-39-27-12-10-23(17-35)11-13-27)20-41-31-28(30(37)33(29)31)15-26(36)14-21-4-2-1-3-5-21/h1-13,20,28-29,31,34-35H,14-19H2. The number of aliphatic hydroxyl groups is 2. The maximum atomic E-state index is 13.4. The first-order valence-corrected chi connectivity index (χ1v) is 14.3. The summed E-state index contributed by atoms with van der Waals surface area (Å²) < 4.78 is 11.6. The number of esters is 1. The third-order valence-corrected chi connectivity index (χ3v) is 8.46. The molecule has 5 rings (SSSR count). The molecule has 3 atom stereocenters. The Kier molecular flexibility index (Phi) is 9.18. The Hall–Kier alpha value is -3.92. The van der Waals surface area contributed by atoms with Crippen LogP contribution in [0.25, 0.3) is 0 Å². The van der Waals surface area contributed by atoms with Gasteiger partial charge in [-0.1, -0.05) is 66.7 Å². The van der Waals surface area contributed by atoms with E-state index in [-0.39, 0.29) is 56.3 Å². The van der Waals surface area contributed by atoms with Crippen molar-refractivity contribution < 1.29 is 34.1 Å². The molecule has 0 saturated carbocycles. The summed E-state index contributed by atoms with van der Waals surface area (Å²) in [5.41, 5.74) is 3.74. The Labute approximate surface area is 242 Å². The van der Waals surface area contributed by atoms with Gasteiger partial charge in [0.25, 0.3) is 0 Å². The van der Waals surface area contributed by atoms with Crippen LogP contribution in [-0.4, -0.2) is 50.8 Å². The van der Waals surface area contributed by atoms with E-state index in [9.17, 15) is 24.6 Å². The molecule has 2 N–H and O–H groups in total. The summed E-state index contributed by atoms with van der Waals surface area (Å²) in [6.07, 6.45) is 0.365. The van der Waals surface area contributed by atoms with Crippen LogP contribution in [0.3, 0.4) is 0 Å². The number of ether oxygens (including phenoxy) is 2. The van der Waals surface area contributed by atoms with Gasteiger partial charge in [0.2, 0.25) is 5.91 Å². The molecule has 2 aliphatic heterocycles. The molecular weight excluding hydrogens is 542 g/mol. The number of benzene rings is 3. The average Bonchev–Trinajstić information content (AvgIpc) is 3.02. The van der Waals surface area contributed by atoms with Crippen molar-refractivity contribution in [2.24, 2.45) is 5.92 Å². The zero-order chi connectivity index (χ0) is 28.8. The number of thioether (sulfide) groups is 1. The highest BCUT2D eigenvalue weighted by molar-refractivity contribution is 8.02. The highest BCUT2D eigenvalue weighted by atomic mass is 32.2. The van der Waals surface area contributed by atoms with Crippen molar-refractivity contribution >= 4 is 29.4 Å². The van der Waals surface area contributed by atoms with Gasteiger partial charge in [0.15, 0.2) is 6.04 Å². The van der Waals surface area contributed by atoms with Crippen LogP contribution in [0.2, 0.25) is 0 Å². The van der Waals surface area contributed by atoms with Crippen molar-refractivity contribution in [1.29, 1.82) is 0 Å². The van der Waals surface area contributed by atoms with Crippen LogP contribution in [0.1, 0.15) is 28.7 Å². The predicted molar refractivity (Wildman–Crippen MR) is 153 cm³/mol. The number of ketones is 1. The highest BCUT2D eigenvalue weighted by Gasteiger charge is 2.55. The van der Waals surface area contributed by atoms with Crippen LogP contribution in [0, 0.1) is 5.92 Å². The van der Waals surface area contributed by atoms with E-state index in [1.165, 1.54) is 16.7 Å². The van der Waals surface area contributed by atoms with Gasteiger partial charge in [-0.25, -0.2) is 4.79 Å². The average molecular weight is 574 g/mol. The molecule has 1 fully saturated rings. The van der Waals surface area contributed by atoms with Gasteiger partial charge in [-0.15, -0.1) is 11.8 Å². The Morgan fingerprint density at radius 3 is 2.10 bits per heavy atom. The molecule has 2 aliphatic rings. The van der Waals surface area contributed by atoms with Crippen molar-refractivity contribution in [2.45, 2.75) is 44.1 Å². The van der Waals surface area contributed by atoms with Crippen LogP contribution >= 0.6 is 11.8 Å². The third kappa shape index (κ3) is 6.70. The molecule has 3 aromatic rings. The number of rotatable bonds is 12. The molecule has 0 aromatic heterocycles. The minimum Gasteiger partial charge on any atom is -0.489 e. The lowest BCUT2D eigenvalue weighted by Crippen LogP contribution is -2.67. The molecule has 0 aliphatic carbocycles. The van der Waals surface area contributed by atoms with Gasteiger partial charge in [-0.05, 0) is 39.8 Å². The number of β-lactam (4-membered cyclic amide) rings is 1. The number of carbonyl (C=O) groups excluding carboxylic acids is 3. The fraction of sp³-hybridized carbons (Fsp3) is 0.281. The Bertz CT molecular complexity index is 1410. The van der Waals surface area contributed by atoms with Gasteiger partial charge in [-0.2, -0.15) is 0 Å². The lowest BCUT2D eigenvalue weighted by molar-refractivity contribution is -0.167. The van der Waals surface area contributed by atoms with Crippen molar-refractivity contribution in [1.82, 2.24) is 4.90 Å². The van der Waals surface area contributed by atoms with Gasteiger partial charge in [-0.3, -0.25) is 9.59 Å². The van der Waals surface area contributed by atoms with E-state index in [2.05, 4.69) is 0 Å². The Morgan fingerprint density at radius 1 is 0.805 bits per heavy atom. The first-order chi connectivity index (χ1) is 20.0. The van der Waals surface area contributed by atoms with Crippen molar-refractivity contribution in [2.75, 3.05) is 6.61 Å². The van der Waals surface area contributed by atoms with E-state index in [0.717, 1.165) is 22.3 Å². The number of fused-ring (bicyclic) bond motifs is 1. The zero-order valence-corrected chi connectivity index (χ0v) is 23.2. The number of aliphatic hydroxyl groups excluding tert-OH is 2. The Morgan fingerprint density at radius 2 is 1.44 bits per heavy atom. The van der Waals surface area contributed by atoms with E-state index >= 15 is 0 Å². The van der Waals surface area contributed by atoms with E-state index in [4.69, 9.17) is 9.47 Å². The van der Waals surface area contributed by atoms with Crippen molar-refractivity contribution in [3.63, 3.8) is 0 Å². The van der Waals surface area contributed by atoms with Gasteiger partial charge < -0.3 is 24.6 Å². The lowest BCUT2D eigenvalue weighted by Gasteiger charge is -2.51. The fourth-order valence-corrected chi connectivity index (χ4v) is 6.19. The van der Waals surface area contributed by atoms with Crippen LogP contribution < -0.4 is 4.74 Å². The number of amides is 1. The summed E-state index contributed by atoms with van der Waals surface area (Å²) in [4.78, 5) is 41.1. The molecule has 0 radical (unpaired) electrons. The molecule has 2 heterocycles. The maximum absolute atomic E-state index is 13.4. The van der Waals surface area contributed by atoms with Gasteiger partial charge >= 0.3 is 5.97 Å².